The maximum Gasteiger partial charge on any atom is 0.191 e. The lowest BCUT2D eigenvalue weighted by molar-refractivity contribution is 0.102. The quantitative estimate of drug-likeness (QED) is 0.197. The molecule has 0 bridgehead atoms. The van der Waals surface area contributed by atoms with Crippen LogP contribution in [0.5, 0.6) is 0 Å². The Morgan fingerprint density at radius 3 is 2.38 bits per heavy atom. The fourth-order valence-corrected chi connectivity index (χ4v) is 5.50. The average Bonchev–Trinajstić information content (AvgIpc) is 2.74. The second-order valence-corrected chi connectivity index (χ2v) is 13.9. The van der Waals surface area contributed by atoms with Crippen LogP contribution in [0.15, 0.2) is 48.2 Å². The van der Waals surface area contributed by atoms with Crippen LogP contribution in [-0.2, 0) is 4.43 Å². The minimum absolute atomic E-state index is 0.0428. The molecule has 0 N–H and O–H groups in total. The zero-order valence-corrected chi connectivity index (χ0v) is 21.7. The van der Waals surface area contributed by atoms with Gasteiger partial charge in [-0.2, -0.15) is 0 Å². The summed E-state index contributed by atoms with van der Waals surface area (Å²) >= 11 is 0. The Bertz CT molecular complexity index is 933. The summed E-state index contributed by atoms with van der Waals surface area (Å²) in [6.45, 7) is 15.3. The van der Waals surface area contributed by atoms with Crippen LogP contribution in [0, 0.1) is 11.7 Å². The third-order valence-corrected chi connectivity index (χ3v) is 8.22. The minimum atomic E-state index is -1.73. The molecule has 32 heavy (non-hydrogen) atoms. The van der Waals surface area contributed by atoms with Gasteiger partial charge in [-0.1, -0.05) is 65.7 Å². The van der Waals surface area contributed by atoms with E-state index in [1.807, 2.05) is 26.0 Å². The van der Waals surface area contributed by atoms with E-state index in [4.69, 9.17) is 4.43 Å². The Labute approximate surface area is 194 Å². The summed E-state index contributed by atoms with van der Waals surface area (Å²) in [6, 6.07) is 9.37. The smallest absolute Gasteiger partial charge is 0.191 e. The zero-order valence-electron chi connectivity index (χ0n) is 20.7. The minimum Gasteiger partial charge on any atom is -0.414 e. The molecule has 0 fully saturated rings. The van der Waals surface area contributed by atoms with Crippen molar-refractivity contribution in [2.45, 2.75) is 72.5 Å². The number of Topliss-reactive ketones (excluding diaryl/α,β-unsaturated/α-hetero) is 1. The Morgan fingerprint density at radius 1 is 1.16 bits per heavy atom. The molecule has 0 amide bonds. The lowest BCUT2D eigenvalue weighted by Crippen LogP contribution is -2.30. The summed E-state index contributed by atoms with van der Waals surface area (Å²) < 4.78 is 19.7. The van der Waals surface area contributed by atoms with Gasteiger partial charge in [0.05, 0.1) is 6.61 Å². The van der Waals surface area contributed by atoms with E-state index in [0.717, 1.165) is 34.9 Å². The summed E-state index contributed by atoms with van der Waals surface area (Å²) in [4.78, 5) is 18.2. The van der Waals surface area contributed by atoms with Gasteiger partial charge in [-0.15, -0.1) is 0 Å². The van der Waals surface area contributed by atoms with Crippen molar-refractivity contribution in [3.05, 3.63) is 65.3 Å². The number of aromatic nitrogens is 1. The summed E-state index contributed by atoms with van der Waals surface area (Å²) in [7, 11) is -1.73. The van der Waals surface area contributed by atoms with E-state index in [1.165, 1.54) is 18.6 Å². The number of allylic oxidation sites excluding steroid dienone is 1. The first-order valence-electron chi connectivity index (χ1n) is 11.7. The van der Waals surface area contributed by atoms with Crippen molar-refractivity contribution in [3.8, 4) is 11.1 Å². The van der Waals surface area contributed by atoms with Crippen molar-refractivity contribution in [1.82, 2.24) is 4.98 Å². The Kier molecular flexibility index (Phi) is 9.53. The number of hydrogen-bond donors (Lipinski definition) is 0. The van der Waals surface area contributed by atoms with Gasteiger partial charge in [0.1, 0.15) is 5.82 Å². The van der Waals surface area contributed by atoms with E-state index in [9.17, 15) is 9.18 Å². The van der Waals surface area contributed by atoms with Crippen LogP contribution in [0.25, 0.3) is 11.1 Å². The lowest BCUT2D eigenvalue weighted by atomic mass is 9.89. The molecule has 5 heteroatoms. The number of ketones is 1. The van der Waals surface area contributed by atoms with Gasteiger partial charge in [-0.3, -0.25) is 9.78 Å². The molecule has 0 saturated heterocycles. The van der Waals surface area contributed by atoms with E-state index in [1.54, 1.807) is 18.3 Å². The molecule has 2 aromatic rings. The summed E-state index contributed by atoms with van der Waals surface area (Å²) in [5, 5.41) is 0. The molecule has 0 unspecified atom stereocenters. The molecule has 0 atom stereocenters. The first-order valence-corrected chi connectivity index (χ1v) is 14.8. The highest BCUT2D eigenvalue weighted by Gasteiger charge is 2.23. The number of carbonyl (C=O) groups excluding carboxylic acids is 1. The highest BCUT2D eigenvalue weighted by atomic mass is 28.4. The first kappa shape index (κ1) is 26.1. The highest BCUT2D eigenvalue weighted by molar-refractivity contribution is 6.71. The maximum atomic E-state index is 13.6. The van der Waals surface area contributed by atoms with Crippen molar-refractivity contribution in [2.24, 2.45) is 5.92 Å². The maximum absolute atomic E-state index is 13.6. The molecule has 0 aliphatic rings. The van der Waals surface area contributed by atoms with Crippen molar-refractivity contribution >= 4 is 14.1 Å². The Hall–Kier alpha value is -2.11. The van der Waals surface area contributed by atoms with E-state index >= 15 is 0 Å². The Balaban J connectivity index is 2.40. The zero-order chi connectivity index (χ0) is 23.9. The van der Waals surface area contributed by atoms with E-state index in [-0.39, 0.29) is 23.4 Å². The first-order chi connectivity index (χ1) is 15.1. The number of unbranched alkanes of at least 4 members (excludes halogenated alkanes) is 1. The number of pyridine rings is 1. The van der Waals surface area contributed by atoms with Crippen molar-refractivity contribution < 1.29 is 13.6 Å². The van der Waals surface area contributed by atoms with Crippen LogP contribution in [0.2, 0.25) is 19.1 Å². The number of rotatable bonds is 11. The van der Waals surface area contributed by atoms with E-state index in [2.05, 4.69) is 38.8 Å². The van der Waals surface area contributed by atoms with Gasteiger partial charge in [0.25, 0.3) is 0 Å². The summed E-state index contributed by atoms with van der Waals surface area (Å²) in [5.41, 5.74) is 3.78. The van der Waals surface area contributed by atoms with Crippen LogP contribution < -0.4 is 0 Å². The van der Waals surface area contributed by atoms with Crippen molar-refractivity contribution in [2.75, 3.05) is 6.61 Å². The molecular formula is C27H38FNO2Si. The predicted molar refractivity (Wildman–Crippen MR) is 134 cm³/mol. The number of benzene rings is 1. The molecule has 2 rings (SSSR count). The third-order valence-electron chi connectivity index (χ3n) is 5.71. The molecule has 0 saturated carbocycles. The van der Waals surface area contributed by atoms with Gasteiger partial charge >= 0.3 is 0 Å². The highest BCUT2D eigenvalue weighted by Crippen LogP contribution is 2.30. The molecule has 1 aromatic heterocycles. The van der Waals surface area contributed by atoms with Crippen molar-refractivity contribution in [1.29, 1.82) is 0 Å². The molecule has 0 aliphatic heterocycles. The predicted octanol–water partition coefficient (Wildman–Crippen LogP) is 7.80. The van der Waals surface area contributed by atoms with E-state index in [0.29, 0.717) is 12.2 Å². The third kappa shape index (κ3) is 7.21. The average molecular weight is 456 g/mol. The molecule has 1 heterocycles. The van der Waals surface area contributed by atoms with Gasteiger partial charge in [0.2, 0.25) is 0 Å². The fraction of sp³-hybridized carbons (Fsp3) is 0.481. The standard InChI is InChI=1S/C27H38FNO2Si/c1-8-9-16-32(6,7)31-15-14-23(19(2)3)27(30)25-18-29-26(20(4)5)17-24(25)21-10-12-22(28)13-11-21/h10-14,17-20H,8-9,15-16H2,1-7H3. The number of halogens is 1. The lowest BCUT2D eigenvalue weighted by Gasteiger charge is -2.22. The number of hydrogen-bond acceptors (Lipinski definition) is 3. The van der Waals surface area contributed by atoms with Crippen LogP contribution in [-0.4, -0.2) is 25.7 Å². The van der Waals surface area contributed by atoms with Gasteiger partial charge in [-0.05, 0) is 60.3 Å². The largest absolute Gasteiger partial charge is 0.414 e. The molecule has 0 aliphatic carbocycles. The second-order valence-electron chi connectivity index (χ2n) is 9.63. The van der Waals surface area contributed by atoms with Crippen LogP contribution in [0.1, 0.15) is 69.4 Å². The topological polar surface area (TPSA) is 39.2 Å². The summed E-state index contributed by atoms with van der Waals surface area (Å²) in [6.07, 6.45) is 5.95. The van der Waals surface area contributed by atoms with Gasteiger partial charge in [0.15, 0.2) is 14.1 Å². The van der Waals surface area contributed by atoms with Crippen LogP contribution >= 0.6 is 0 Å². The monoisotopic (exact) mass is 455 g/mol. The second kappa shape index (κ2) is 11.7. The SMILES string of the molecule is CCCC[Si](C)(C)OCC=C(C(=O)c1cnc(C(C)C)cc1-c1ccc(F)cc1)C(C)C. The van der Waals surface area contributed by atoms with Crippen LogP contribution in [0.4, 0.5) is 4.39 Å². The summed E-state index contributed by atoms with van der Waals surface area (Å²) in [5.74, 6) is -0.0622. The Morgan fingerprint density at radius 2 is 1.81 bits per heavy atom. The molecule has 1 aromatic carbocycles. The van der Waals surface area contributed by atoms with E-state index < -0.39 is 8.32 Å². The van der Waals surface area contributed by atoms with Gasteiger partial charge in [-0.25, -0.2) is 4.39 Å². The van der Waals surface area contributed by atoms with Gasteiger partial charge < -0.3 is 4.43 Å². The molecule has 174 valence electrons. The van der Waals surface area contributed by atoms with Crippen LogP contribution in [0.3, 0.4) is 0 Å². The van der Waals surface area contributed by atoms with Crippen molar-refractivity contribution in [3.63, 3.8) is 0 Å². The molecule has 3 nitrogen and oxygen atoms in total. The molecule has 0 radical (unpaired) electrons. The fourth-order valence-electron chi connectivity index (χ4n) is 3.61. The molecule has 0 spiro atoms. The van der Waals surface area contributed by atoms with Gasteiger partial charge in [0, 0.05) is 23.0 Å². The number of nitrogens with zero attached hydrogens (tertiary/aromatic N) is 1. The normalized spacial score (nSPS) is 12.6. The molecular weight excluding hydrogens is 417 g/mol. The number of carbonyl (C=O) groups is 1.